The molecular formula is C7H13N5O2S. The zero-order valence-corrected chi connectivity index (χ0v) is 8.96. The molecule has 0 aliphatic heterocycles. The van der Waals surface area contributed by atoms with Gasteiger partial charge >= 0.3 is 0 Å². The van der Waals surface area contributed by atoms with Crippen molar-refractivity contribution >= 4 is 17.7 Å². The number of carbonyl (C=O) groups excluding carboxylic acids is 1. The third kappa shape index (κ3) is 4.75. The van der Waals surface area contributed by atoms with Gasteiger partial charge in [0.05, 0.1) is 0 Å². The number of aromatic nitrogens is 4. The summed E-state index contributed by atoms with van der Waals surface area (Å²) in [6.07, 6.45) is 0.781. The van der Waals surface area contributed by atoms with Crippen molar-refractivity contribution in [2.24, 2.45) is 0 Å². The Morgan fingerprint density at radius 3 is 3.07 bits per heavy atom. The molecule has 0 saturated carbocycles. The molecule has 0 atom stereocenters. The van der Waals surface area contributed by atoms with Crippen molar-refractivity contribution in [1.29, 1.82) is 0 Å². The van der Waals surface area contributed by atoms with Crippen LogP contribution < -0.4 is 5.32 Å². The number of rotatable bonds is 7. The van der Waals surface area contributed by atoms with Gasteiger partial charge in [-0.1, -0.05) is 0 Å². The fourth-order valence-corrected chi connectivity index (χ4v) is 1.63. The van der Waals surface area contributed by atoms with Crippen molar-refractivity contribution in [1.82, 2.24) is 25.9 Å². The van der Waals surface area contributed by atoms with E-state index in [4.69, 9.17) is 5.11 Å². The van der Waals surface area contributed by atoms with Gasteiger partial charge in [0.25, 0.3) is 11.7 Å². The van der Waals surface area contributed by atoms with Crippen molar-refractivity contribution < 1.29 is 9.90 Å². The summed E-state index contributed by atoms with van der Waals surface area (Å²) >= 11 is 1.68. The van der Waals surface area contributed by atoms with Crippen LogP contribution in [0.25, 0.3) is 0 Å². The van der Waals surface area contributed by atoms with Crippen LogP contribution in [0.5, 0.6) is 0 Å². The molecule has 1 aromatic heterocycles. The summed E-state index contributed by atoms with van der Waals surface area (Å²) in [6, 6.07) is 0. The predicted molar refractivity (Wildman–Crippen MR) is 55.5 cm³/mol. The highest BCUT2D eigenvalue weighted by atomic mass is 32.2. The molecule has 0 aromatic carbocycles. The molecule has 84 valence electrons. The molecule has 1 aromatic rings. The Bertz CT molecular complexity index is 279. The van der Waals surface area contributed by atoms with Gasteiger partial charge in [-0.2, -0.15) is 17.0 Å². The van der Waals surface area contributed by atoms with Crippen LogP contribution in [-0.2, 0) is 0 Å². The van der Waals surface area contributed by atoms with E-state index < -0.39 is 0 Å². The third-order valence-corrected chi connectivity index (χ3v) is 2.60. The zero-order valence-electron chi connectivity index (χ0n) is 8.14. The minimum atomic E-state index is -0.327. The number of aliphatic hydroxyl groups is 1. The van der Waals surface area contributed by atoms with E-state index in [1.807, 2.05) is 0 Å². The van der Waals surface area contributed by atoms with E-state index in [0.717, 1.165) is 17.9 Å². The number of H-pyrrole nitrogens is 1. The number of aromatic amines is 1. The van der Waals surface area contributed by atoms with E-state index in [0.29, 0.717) is 6.54 Å². The van der Waals surface area contributed by atoms with Crippen molar-refractivity contribution in [2.75, 3.05) is 24.7 Å². The molecule has 8 heteroatoms. The minimum Gasteiger partial charge on any atom is -0.396 e. The molecule has 3 N–H and O–H groups in total. The highest BCUT2D eigenvalue weighted by Crippen LogP contribution is 1.99. The van der Waals surface area contributed by atoms with Crippen LogP contribution in [0.2, 0.25) is 0 Å². The largest absolute Gasteiger partial charge is 0.396 e. The van der Waals surface area contributed by atoms with E-state index in [1.54, 1.807) is 11.8 Å². The molecule has 15 heavy (non-hydrogen) atoms. The molecule has 0 radical (unpaired) electrons. The lowest BCUT2D eigenvalue weighted by Gasteiger charge is -2.01. The molecule has 1 heterocycles. The van der Waals surface area contributed by atoms with Gasteiger partial charge in [0.15, 0.2) is 0 Å². The molecule has 0 bridgehead atoms. The van der Waals surface area contributed by atoms with Gasteiger partial charge in [-0.15, -0.1) is 10.2 Å². The Labute approximate surface area is 91.0 Å². The van der Waals surface area contributed by atoms with Crippen molar-refractivity contribution in [3.8, 4) is 0 Å². The third-order valence-electron chi connectivity index (χ3n) is 1.53. The van der Waals surface area contributed by atoms with E-state index in [1.165, 1.54) is 0 Å². The molecule has 0 fully saturated rings. The van der Waals surface area contributed by atoms with Gasteiger partial charge < -0.3 is 10.4 Å². The second kappa shape index (κ2) is 7.18. The number of nitrogens with one attached hydrogen (secondary N) is 2. The summed E-state index contributed by atoms with van der Waals surface area (Å²) in [6.45, 7) is 0.770. The maximum atomic E-state index is 11.2. The Balaban J connectivity index is 2.03. The SMILES string of the molecule is O=C(NCCSCCCO)c1nn[nH]n1. The number of carbonyl (C=O) groups is 1. The van der Waals surface area contributed by atoms with Crippen molar-refractivity contribution in [2.45, 2.75) is 6.42 Å². The summed E-state index contributed by atoms with van der Waals surface area (Å²) < 4.78 is 0. The van der Waals surface area contributed by atoms with Gasteiger partial charge in [-0.25, -0.2) is 0 Å². The van der Waals surface area contributed by atoms with Crippen LogP contribution in [0.3, 0.4) is 0 Å². The smallest absolute Gasteiger partial charge is 0.292 e. The van der Waals surface area contributed by atoms with Gasteiger partial charge in [-0.05, 0) is 17.4 Å². The summed E-state index contributed by atoms with van der Waals surface area (Å²) in [4.78, 5) is 11.2. The number of thioether (sulfide) groups is 1. The molecule has 0 aliphatic carbocycles. The van der Waals surface area contributed by atoms with Gasteiger partial charge in [-0.3, -0.25) is 4.79 Å². The lowest BCUT2D eigenvalue weighted by atomic mass is 10.5. The molecule has 0 unspecified atom stereocenters. The van der Waals surface area contributed by atoms with E-state index >= 15 is 0 Å². The number of aliphatic hydroxyl groups excluding tert-OH is 1. The summed E-state index contributed by atoms with van der Waals surface area (Å²) in [7, 11) is 0. The first-order chi connectivity index (χ1) is 7.34. The molecule has 7 nitrogen and oxygen atoms in total. The van der Waals surface area contributed by atoms with Crippen LogP contribution in [-0.4, -0.2) is 56.3 Å². The lowest BCUT2D eigenvalue weighted by Crippen LogP contribution is -2.26. The van der Waals surface area contributed by atoms with Gasteiger partial charge in [0.2, 0.25) is 0 Å². The summed E-state index contributed by atoms with van der Waals surface area (Å²) in [5.74, 6) is 1.43. The van der Waals surface area contributed by atoms with Crippen molar-refractivity contribution in [3.05, 3.63) is 5.82 Å². The monoisotopic (exact) mass is 231 g/mol. The number of hydrogen-bond acceptors (Lipinski definition) is 6. The first kappa shape index (κ1) is 11.9. The first-order valence-corrected chi connectivity index (χ1v) is 5.70. The molecule has 0 saturated heterocycles. The molecular weight excluding hydrogens is 218 g/mol. The average Bonchev–Trinajstić information content (AvgIpc) is 2.76. The maximum Gasteiger partial charge on any atom is 0.292 e. The fraction of sp³-hybridized carbons (Fsp3) is 0.714. The normalized spacial score (nSPS) is 10.2. The number of nitrogens with zero attached hydrogens (tertiary/aromatic N) is 3. The van der Waals surface area contributed by atoms with Gasteiger partial charge in [0.1, 0.15) is 0 Å². The van der Waals surface area contributed by atoms with Crippen LogP contribution in [0.15, 0.2) is 0 Å². The zero-order chi connectivity index (χ0) is 10.9. The molecule has 0 aliphatic rings. The summed E-state index contributed by atoms with van der Waals surface area (Å²) in [5.41, 5.74) is 0. The average molecular weight is 231 g/mol. The first-order valence-electron chi connectivity index (χ1n) is 4.55. The van der Waals surface area contributed by atoms with E-state index in [2.05, 4.69) is 25.9 Å². The highest BCUT2D eigenvalue weighted by molar-refractivity contribution is 7.99. The minimum absolute atomic E-state index is 0.0513. The lowest BCUT2D eigenvalue weighted by molar-refractivity contribution is 0.0946. The highest BCUT2D eigenvalue weighted by Gasteiger charge is 2.08. The Morgan fingerprint density at radius 2 is 2.40 bits per heavy atom. The quantitative estimate of drug-likeness (QED) is 0.522. The Hall–Kier alpha value is -1.15. The van der Waals surface area contributed by atoms with Crippen LogP contribution in [0, 0.1) is 0 Å². The fourth-order valence-electron chi connectivity index (χ4n) is 0.842. The van der Waals surface area contributed by atoms with Crippen LogP contribution in [0.1, 0.15) is 17.0 Å². The Kier molecular flexibility index (Phi) is 5.71. The second-order valence-corrected chi connectivity index (χ2v) is 3.91. The number of tetrazole rings is 1. The van der Waals surface area contributed by atoms with Crippen molar-refractivity contribution in [3.63, 3.8) is 0 Å². The van der Waals surface area contributed by atoms with E-state index in [-0.39, 0.29) is 18.3 Å². The number of amides is 1. The van der Waals surface area contributed by atoms with Gasteiger partial charge in [0, 0.05) is 18.9 Å². The molecule has 1 rings (SSSR count). The number of hydrogen-bond donors (Lipinski definition) is 3. The topological polar surface area (TPSA) is 104 Å². The summed E-state index contributed by atoms with van der Waals surface area (Å²) in [5, 5.41) is 23.8. The Morgan fingerprint density at radius 1 is 1.53 bits per heavy atom. The second-order valence-electron chi connectivity index (χ2n) is 2.68. The maximum absolute atomic E-state index is 11.2. The predicted octanol–water partition coefficient (Wildman–Crippen LogP) is -0.955. The molecule has 1 amide bonds. The molecule has 0 spiro atoms. The standard InChI is InChI=1S/C7H13N5O2S/c13-3-1-4-15-5-2-8-7(14)6-9-11-12-10-6/h13H,1-5H2,(H,8,14)(H,9,10,11,12). The van der Waals surface area contributed by atoms with E-state index in [9.17, 15) is 4.79 Å². The van der Waals surface area contributed by atoms with Crippen LogP contribution in [0.4, 0.5) is 0 Å². The van der Waals surface area contributed by atoms with Crippen LogP contribution >= 0.6 is 11.8 Å².